The largest absolute Gasteiger partial charge is 0.350 e. The Bertz CT molecular complexity index is 910. The van der Waals surface area contributed by atoms with Crippen LogP contribution in [0.4, 0.5) is 10.5 Å². The number of rotatable bonds is 7. The van der Waals surface area contributed by atoms with E-state index >= 15 is 0 Å². The number of nitrogens with one attached hydrogen (secondary N) is 3. The van der Waals surface area contributed by atoms with E-state index in [1.807, 2.05) is 59.4 Å². The van der Waals surface area contributed by atoms with Crippen LogP contribution in [0, 0.1) is 0 Å². The molecule has 0 saturated carbocycles. The Morgan fingerprint density at radius 2 is 1.71 bits per heavy atom. The van der Waals surface area contributed by atoms with E-state index in [9.17, 15) is 9.59 Å². The molecule has 0 bridgehead atoms. The summed E-state index contributed by atoms with van der Waals surface area (Å²) in [5.74, 6) is -0.253. The van der Waals surface area contributed by atoms with Gasteiger partial charge < -0.3 is 16.0 Å². The van der Waals surface area contributed by atoms with Crippen LogP contribution in [0.2, 0.25) is 0 Å². The zero-order valence-corrected chi connectivity index (χ0v) is 15.6. The molecule has 0 aliphatic carbocycles. The number of hydrogen-bond acceptors (Lipinski definition) is 3. The Labute approximate surface area is 163 Å². The normalized spacial score (nSPS) is 11.5. The molecule has 0 aliphatic heterocycles. The summed E-state index contributed by atoms with van der Waals surface area (Å²) in [4.78, 5) is 24.4. The molecule has 28 heavy (non-hydrogen) atoms. The molecule has 3 aromatic rings. The number of carbonyl (C=O) groups excluding carboxylic acids is 2. The van der Waals surface area contributed by atoms with Crippen LogP contribution in [-0.4, -0.2) is 27.8 Å². The van der Waals surface area contributed by atoms with E-state index in [1.54, 1.807) is 25.3 Å². The van der Waals surface area contributed by atoms with Crippen LogP contribution in [0.1, 0.15) is 18.1 Å². The number of carbonyl (C=O) groups is 2. The Balaban J connectivity index is 1.51. The number of benzene rings is 2. The molecule has 1 heterocycles. The molecule has 1 aromatic heterocycles. The lowest BCUT2D eigenvalue weighted by molar-refractivity contribution is -0.122. The summed E-state index contributed by atoms with van der Waals surface area (Å²) >= 11 is 0. The van der Waals surface area contributed by atoms with E-state index in [0.717, 1.165) is 11.1 Å². The summed E-state index contributed by atoms with van der Waals surface area (Å²) in [5, 5.41) is 12.4. The molecule has 144 valence electrons. The predicted octanol–water partition coefficient (Wildman–Crippen LogP) is 2.76. The van der Waals surface area contributed by atoms with Crippen molar-refractivity contribution in [3.8, 4) is 0 Å². The Kier molecular flexibility index (Phi) is 6.41. The van der Waals surface area contributed by atoms with Crippen molar-refractivity contribution in [1.82, 2.24) is 20.4 Å². The minimum Gasteiger partial charge on any atom is -0.350 e. The van der Waals surface area contributed by atoms with Gasteiger partial charge in [-0.1, -0.05) is 42.5 Å². The van der Waals surface area contributed by atoms with E-state index < -0.39 is 12.1 Å². The van der Waals surface area contributed by atoms with E-state index in [4.69, 9.17) is 0 Å². The number of hydrogen-bond donors (Lipinski definition) is 3. The zero-order valence-electron chi connectivity index (χ0n) is 15.6. The molecule has 0 aliphatic rings. The molecular weight excluding hydrogens is 354 g/mol. The maximum Gasteiger partial charge on any atom is 0.319 e. The summed E-state index contributed by atoms with van der Waals surface area (Å²) in [7, 11) is 0. The summed E-state index contributed by atoms with van der Waals surface area (Å²) in [6, 6.07) is 17.7. The van der Waals surface area contributed by atoms with Crippen molar-refractivity contribution in [2.45, 2.75) is 26.1 Å². The number of amides is 3. The number of aromatic nitrogens is 2. The summed E-state index contributed by atoms with van der Waals surface area (Å²) < 4.78 is 1.83. The molecule has 0 fully saturated rings. The van der Waals surface area contributed by atoms with Crippen molar-refractivity contribution in [3.63, 3.8) is 0 Å². The van der Waals surface area contributed by atoms with Crippen LogP contribution in [0.15, 0.2) is 73.1 Å². The van der Waals surface area contributed by atoms with Gasteiger partial charge in [0.15, 0.2) is 0 Å². The van der Waals surface area contributed by atoms with E-state index in [0.29, 0.717) is 18.8 Å². The standard InChI is InChI=1S/C21H23N5O2/c1-16(24-21(28)25-19-10-3-2-4-11-19)20(27)22-14-17-8-5-6-9-18(17)15-26-13-7-12-23-26/h2-13,16H,14-15H2,1H3,(H,22,27)(H2,24,25,28). The zero-order chi connectivity index (χ0) is 19.8. The number of nitrogens with zero attached hydrogens (tertiary/aromatic N) is 2. The molecule has 3 rings (SSSR count). The average molecular weight is 377 g/mol. The lowest BCUT2D eigenvalue weighted by Gasteiger charge is -2.16. The third kappa shape index (κ3) is 5.44. The maximum absolute atomic E-state index is 12.4. The smallest absolute Gasteiger partial charge is 0.319 e. The van der Waals surface area contributed by atoms with Crippen molar-refractivity contribution in [1.29, 1.82) is 0 Å². The minimum absolute atomic E-state index is 0.253. The van der Waals surface area contributed by atoms with Crippen molar-refractivity contribution >= 4 is 17.6 Å². The summed E-state index contributed by atoms with van der Waals surface area (Å²) in [5.41, 5.74) is 2.75. The highest BCUT2D eigenvalue weighted by molar-refractivity contribution is 5.93. The van der Waals surface area contributed by atoms with Crippen molar-refractivity contribution in [2.24, 2.45) is 0 Å². The van der Waals surface area contributed by atoms with Gasteiger partial charge in [0.2, 0.25) is 5.91 Å². The molecule has 1 atom stereocenters. The first-order valence-corrected chi connectivity index (χ1v) is 9.06. The Morgan fingerprint density at radius 3 is 2.43 bits per heavy atom. The second kappa shape index (κ2) is 9.36. The molecule has 2 aromatic carbocycles. The van der Waals surface area contributed by atoms with Gasteiger partial charge in [0.05, 0.1) is 6.54 Å². The fourth-order valence-electron chi connectivity index (χ4n) is 2.74. The number of para-hydroxylation sites is 1. The molecule has 0 saturated heterocycles. The Morgan fingerprint density at radius 1 is 1.00 bits per heavy atom. The fraction of sp³-hybridized carbons (Fsp3) is 0.190. The highest BCUT2D eigenvalue weighted by Crippen LogP contribution is 2.10. The van der Waals surface area contributed by atoms with E-state index in [1.165, 1.54) is 0 Å². The monoisotopic (exact) mass is 377 g/mol. The molecule has 0 radical (unpaired) electrons. The van der Waals surface area contributed by atoms with Crippen LogP contribution in [0.5, 0.6) is 0 Å². The second-order valence-electron chi connectivity index (χ2n) is 6.38. The lowest BCUT2D eigenvalue weighted by atomic mass is 10.1. The van der Waals surface area contributed by atoms with Crippen LogP contribution < -0.4 is 16.0 Å². The van der Waals surface area contributed by atoms with Gasteiger partial charge >= 0.3 is 6.03 Å². The predicted molar refractivity (Wildman–Crippen MR) is 108 cm³/mol. The number of anilines is 1. The van der Waals surface area contributed by atoms with Crippen LogP contribution in [0.25, 0.3) is 0 Å². The fourth-order valence-corrected chi connectivity index (χ4v) is 2.74. The van der Waals surface area contributed by atoms with Crippen molar-refractivity contribution < 1.29 is 9.59 Å². The van der Waals surface area contributed by atoms with Gasteiger partial charge in [-0.15, -0.1) is 0 Å². The molecule has 3 N–H and O–H groups in total. The van der Waals surface area contributed by atoms with Crippen molar-refractivity contribution in [3.05, 3.63) is 84.2 Å². The molecular formula is C21H23N5O2. The first-order valence-electron chi connectivity index (χ1n) is 9.06. The van der Waals surface area contributed by atoms with Gasteiger partial charge in [0.25, 0.3) is 0 Å². The quantitative estimate of drug-likeness (QED) is 0.592. The summed E-state index contributed by atoms with van der Waals surface area (Å²) in [6.07, 6.45) is 3.63. The number of urea groups is 1. The van der Waals surface area contributed by atoms with Gasteiger partial charge in [-0.3, -0.25) is 9.48 Å². The van der Waals surface area contributed by atoms with Gasteiger partial charge in [-0.2, -0.15) is 5.10 Å². The first kappa shape index (κ1) is 19.2. The average Bonchev–Trinajstić information content (AvgIpc) is 3.21. The van der Waals surface area contributed by atoms with Gasteiger partial charge in [-0.25, -0.2) is 4.79 Å². The second-order valence-corrected chi connectivity index (χ2v) is 6.38. The summed E-state index contributed by atoms with van der Waals surface area (Å²) in [6.45, 7) is 2.66. The van der Waals surface area contributed by atoms with E-state index in [-0.39, 0.29) is 5.91 Å². The Hall–Kier alpha value is -3.61. The SMILES string of the molecule is CC(NC(=O)Nc1ccccc1)C(=O)NCc1ccccc1Cn1cccn1. The van der Waals surface area contributed by atoms with Crippen LogP contribution in [0.3, 0.4) is 0 Å². The first-order chi connectivity index (χ1) is 13.6. The van der Waals surface area contributed by atoms with E-state index in [2.05, 4.69) is 21.0 Å². The third-order valence-corrected chi connectivity index (χ3v) is 4.24. The molecule has 1 unspecified atom stereocenters. The lowest BCUT2D eigenvalue weighted by Crippen LogP contribution is -2.46. The van der Waals surface area contributed by atoms with Gasteiger partial charge in [0.1, 0.15) is 6.04 Å². The van der Waals surface area contributed by atoms with Crippen LogP contribution >= 0.6 is 0 Å². The van der Waals surface area contributed by atoms with Gasteiger partial charge in [0, 0.05) is 24.6 Å². The minimum atomic E-state index is -0.665. The van der Waals surface area contributed by atoms with Gasteiger partial charge in [-0.05, 0) is 36.2 Å². The van der Waals surface area contributed by atoms with Crippen molar-refractivity contribution in [2.75, 3.05) is 5.32 Å². The highest BCUT2D eigenvalue weighted by atomic mass is 16.2. The third-order valence-electron chi connectivity index (χ3n) is 4.24. The molecule has 3 amide bonds. The molecule has 0 spiro atoms. The topological polar surface area (TPSA) is 88.0 Å². The van der Waals surface area contributed by atoms with Crippen LogP contribution in [-0.2, 0) is 17.9 Å². The molecule has 7 heteroatoms. The maximum atomic E-state index is 12.4. The molecule has 7 nitrogen and oxygen atoms in total. The highest BCUT2D eigenvalue weighted by Gasteiger charge is 2.15.